The molecule has 37 heavy (non-hydrogen) atoms. The molecule has 1 atom stereocenters. The van der Waals surface area contributed by atoms with Crippen molar-refractivity contribution < 1.29 is 36.2 Å². The van der Waals surface area contributed by atoms with Crippen LogP contribution in [0.2, 0.25) is 0 Å². The lowest BCUT2D eigenvalue weighted by atomic mass is 10.1. The molecule has 0 spiro atoms. The van der Waals surface area contributed by atoms with E-state index in [1.807, 2.05) is 12.1 Å². The number of ether oxygens (including phenoxy) is 3. The van der Waals surface area contributed by atoms with Crippen molar-refractivity contribution in [3.8, 4) is 11.5 Å². The molecule has 11 heteroatoms. The number of halogens is 2. The van der Waals surface area contributed by atoms with Crippen LogP contribution in [0.15, 0.2) is 71.8 Å². The number of fused-ring (bicyclic) bond motifs is 1. The maximum Gasteiger partial charge on any atom is 0.387 e. The molecule has 0 unspecified atom stereocenters. The summed E-state index contributed by atoms with van der Waals surface area (Å²) in [5, 5.41) is 0. The molecular weight excluding hydrogens is 506 g/mol. The molecule has 1 aliphatic rings. The first-order chi connectivity index (χ1) is 17.8. The second-order valence-electron chi connectivity index (χ2n) is 8.06. The van der Waals surface area contributed by atoms with Crippen LogP contribution in [-0.4, -0.2) is 45.7 Å². The molecule has 0 N–H and O–H groups in total. The number of carbonyl (C=O) groups is 1. The van der Waals surface area contributed by atoms with Gasteiger partial charge in [0, 0.05) is 18.7 Å². The largest absolute Gasteiger partial charge is 0.486 e. The average Bonchev–Trinajstić information content (AvgIpc) is 2.90. The highest BCUT2D eigenvalue weighted by Gasteiger charge is 2.35. The van der Waals surface area contributed by atoms with Crippen LogP contribution in [0.3, 0.4) is 0 Å². The number of alkyl halides is 2. The van der Waals surface area contributed by atoms with Gasteiger partial charge in [-0.25, -0.2) is 8.42 Å². The fourth-order valence-corrected chi connectivity index (χ4v) is 5.32. The molecule has 0 fully saturated rings. The number of anilines is 1. The molecule has 0 amide bonds. The van der Waals surface area contributed by atoms with Crippen molar-refractivity contribution in [2.75, 3.05) is 18.0 Å². The molecule has 8 nitrogen and oxygen atoms in total. The van der Waals surface area contributed by atoms with Gasteiger partial charge in [0.1, 0.15) is 17.6 Å². The maximum atomic E-state index is 13.7. The number of carbonyl (C=O) groups excluding carboxylic acids is 1. The fourth-order valence-electron chi connectivity index (χ4n) is 3.79. The summed E-state index contributed by atoms with van der Waals surface area (Å²) < 4.78 is 69.1. The number of rotatable bonds is 9. The van der Waals surface area contributed by atoms with Gasteiger partial charge in [0.15, 0.2) is 0 Å². The first kappa shape index (κ1) is 26.1. The average molecular weight is 531 g/mol. The monoisotopic (exact) mass is 530 g/mol. The number of pyridine rings is 1. The Kier molecular flexibility index (Phi) is 8.02. The van der Waals surface area contributed by atoms with E-state index < -0.39 is 28.7 Å². The van der Waals surface area contributed by atoms with E-state index in [4.69, 9.17) is 4.74 Å². The number of nitrogens with zero attached hydrogens (tertiary/aromatic N) is 2. The second-order valence-corrected chi connectivity index (χ2v) is 9.92. The van der Waals surface area contributed by atoms with E-state index in [1.54, 1.807) is 42.6 Å². The number of sulfonamides is 1. The molecule has 2 heterocycles. The number of hydrogen-bond acceptors (Lipinski definition) is 7. The Balaban J connectivity index is 1.71. The minimum Gasteiger partial charge on any atom is -0.486 e. The van der Waals surface area contributed by atoms with Gasteiger partial charge in [0.2, 0.25) is 0 Å². The molecule has 1 aromatic heterocycles. The Morgan fingerprint density at radius 1 is 1.16 bits per heavy atom. The topological polar surface area (TPSA) is 95.0 Å². The molecule has 0 saturated heterocycles. The zero-order chi connectivity index (χ0) is 26.4. The van der Waals surface area contributed by atoms with E-state index in [0.29, 0.717) is 11.3 Å². The highest BCUT2D eigenvalue weighted by atomic mass is 32.2. The highest BCUT2D eigenvalue weighted by Crippen LogP contribution is 2.39. The predicted molar refractivity (Wildman–Crippen MR) is 133 cm³/mol. The number of methoxy groups -OCH3 is 1. The standard InChI is InChI=1S/C26H24F2N2O6S/c1-34-25(31)13-11-21-17-30(37(32,33)22-7-4-6-20(16-22)36-26(27)28)23-15-18(9-12-24(23)35-21)8-10-19-5-2-3-14-29-19/h2-10,12,14-16,21,26H,11,13,17H2,1H3/b10-8+/t21-/m0/s1. The van der Waals surface area contributed by atoms with E-state index in [0.717, 1.165) is 16.1 Å². The van der Waals surface area contributed by atoms with Gasteiger partial charge < -0.3 is 14.2 Å². The van der Waals surface area contributed by atoms with Crippen LogP contribution in [0.1, 0.15) is 24.1 Å². The van der Waals surface area contributed by atoms with Crippen LogP contribution in [0.5, 0.6) is 11.5 Å². The van der Waals surface area contributed by atoms with Crippen LogP contribution in [0.4, 0.5) is 14.5 Å². The molecule has 3 aromatic rings. The van der Waals surface area contributed by atoms with Gasteiger partial charge in [-0.3, -0.25) is 14.1 Å². The lowest BCUT2D eigenvalue weighted by molar-refractivity contribution is -0.141. The van der Waals surface area contributed by atoms with Crippen molar-refractivity contribution in [3.05, 3.63) is 78.1 Å². The Hall–Kier alpha value is -3.99. The van der Waals surface area contributed by atoms with E-state index in [2.05, 4.69) is 14.5 Å². The molecule has 0 radical (unpaired) electrons. The lowest BCUT2D eigenvalue weighted by Gasteiger charge is -2.35. The van der Waals surface area contributed by atoms with Crippen molar-refractivity contribution in [1.82, 2.24) is 4.98 Å². The summed E-state index contributed by atoms with van der Waals surface area (Å²) in [7, 11) is -2.95. The summed E-state index contributed by atoms with van der Waals surface area (Å²) in [6, 6.07) is 15.5. The normalized spacial score (nSPS) is 15.4. The van der Waals surface area contributed by atoms with Crippen molar-refractivity contribution >= 4 is 33.8 Å². The van der Waals surface area contributed by atoms with Gasteiger partial charge in [-0.05, 0) is 54.5 Å². The molecule has 0 aliphatic carbocycles. The minimum atomic E-state index is -4.22. The summed E-state index contributed by atoms with van der Waals surface area (Å²) in [6.45, 7) is -3.20. The molecular formula is C26H24F2N2O6S. The summed E-state index contributed by atoms with van der Waals surface area (Å²) >= 11 is 0. The van der Waals surface area contributed by atoms with Crippen LogP contribution in [0, 0.1) is 0 Å². The summed E-state index contributed by atoms with van der Waals surface area (Å²) in [5.74, 6) is -0.422. The third-order valence-corrected chi connectivity index (χ3v) is 7.34. The smallest absolute Gasteiger partial charge is 0.387 e. The Morgan fingerprint density at radius 3 is 2.73 bits per heavy atom. The van der Waals surface area contributed by atoms with E-state index >= 15 is 0 Å². The van der Waals surface area contributed by atoms with Crippen LogP contribution >= 0.6 is 0 Å². The third kappa shape index (κ3) is 6.42. The SMILES string of the molecule is COC(=O)CC[C@H]1CN(S(=O)(=O)c2cccc(OC(F)F)c2)c2cc(/C=C/c3ccccn3)ccc2O1. The number of aromatic nitrogens is 1. The summed E-state index contributed by atoms with van der Waals surface area (Å²) in [4.78, 5) is 15.7. The molecule has 194 valence electrons. The van der Waals surface area contributed by atoms with Crippen molar-refractivity contribution in [1.29, 1.82) is 0 Å². The number of esters is 1. The first-order valence-electron chi connectivity index (χ1n) is 11.3. The zero-order valence-corrected chi connectivity index (χ0v) is 20.6. The van der Waals surface area contributed by atoms with Crippen LogP contribution < -0.4 is 13.8 Å². The Morgan fingerprint density at radius 2 is 2.00 bits per heavy atom. The third-order valence-electron chi connectivity index (χ3n) is 5.57. The van der Waals surface area contributed by atoms with Crippen molar-refractivity contribution in [2.45, 2.75) is 30.5 Å². The quantitative estimate of drug-likeness (QED) is 0.368. The second kappa shape index (κ2) is 11.4. The summed E-state index contributed by atoms with van der Waals surface area (Å²) in [5.41, 5.74) is 1.69. The van der Waals surface area contributed by atoms with E-state index in [9.17, 15) is 22.0 Å². The Bertz CT molecular complexity index is 1380. The van der Waals surface area contributed by atoms with Gasteiger partial charge in [0.25, 0.3) is 10.0 Å². The Labute approximate surface area is 213 Å². The fraction of sp³-hybridized carbons (Fsp3) is 0.231. The van der Waals surface area contributed by atoms with E-state index in [1.165, 1.54) is 25.3 Å². The van der Waals surface area contributed by atoms with Gasteiger partial charge in [-0.1, -0.05) is 24.3 Å². The van der Waals surface area contributed by atoms with Crippen LogP contribution in [0.25, 0.3) is 12.2 Å². The highest BCUT2D eigenvalue weighted by molar-refractivity contribution is 7.92. The number of benzene rings is 2. The lowest BCUT2D eigenvalue weighted by Crippen LogP contribution is -2.43. The molecule has 0 saturated carbocycles. The molecule has 1 aliphatic heterocycles. The zero-order valence-electron chi connectivity index (χ0n) is 19.8. The molecule has 2 aromatic carbocycles. The number of hydrogen-bond donors (Lipinski definition) is 0. The van der Waals surface area contributed by atoms with E-state index in [-0.39, 0.29) is 35.7 Å². The van der Waals surface area contributed by atoms with Gasteiger partial charge >= 0.3 is 12.6 Å². The van der Waals surface area contributed by atoms with Crippen molar-refractivity contribution in [3.63, 3.8) is 0 Å². The van der Waals surface area contributed by atoms with Gasteiger partial charge in [-0.2, -0.15) is 8.78 Å². The molecule has 4 rings (SSSR count). The maximum absolute atomic E-state index is 13.7. The van der Waals surface area contributed by atoms with Gasteiger partial charge in [0.05, 0.1) is 29.9 Å². The van der Waals surface area contributed by atoms with Gasteiger partial charge in [-0.15, -0.1) is 0 Å². The molecule has 0 bridgehead atoms. The first-order valence-corrected chi connectivity index (χ1v) is 12.7. The van der Waals surface area contributed by atoms with Crippen molar-refractivity contribution in [2.24, 2.45) is 0 Å². The predicted octanol–water partition coefficient (Wildman–Crippen LogP) is 4.76. The van der Waals surface area contributed by atoms with Crippen LogP contribution in [-0.2, 0) is 19.6 Å². The summed E-state index contributed by atoms with van der Waals surface area (Å²) in [6.07, 6.45) is 4.84. The minimum absolute atomic E-state index is 0.0347.